The van der Waals surface area contributed by atoms with Crippen LogP contribution in [0.4, 0.5) is 5.69 Å². The second-order valence-electron chi connectivity index (χ2n) is 5.08. The van der Waals surface area contributed by atoms with E-state index in [4.69, 9.17) is 23.8 Å². The van der Waals surface area contributed by atoms with Crippen LogP contribution in [0.25, 0.3) is 6.08 Å². The van der Waals surface area contributed by atoms with E-state index in [0.717, 1.165) is 16.9 Å². The van der Waals surface area contributed by atoms with Gasteiger partial charge in [0, 0.05) is 4.88 Å². The fourth-order valence-corrected chi connectivity index (χ4v) is 3.73. The predicted molar refractivity (Wildman–Crippen MR) is 101 cm³/mol. The Hall–Kier alpha value is -2.02. The first-order chi connectivity index (χ1) is 11.5. The van der Waals surface area contributed by atoms with Crippen molar-refractivity contribution in [3.05, 3.63) is 56.7 Å². The van der Waals surface area contributed by atoms with E-state index in [2.05, 4.69) is 5.32 Å². The molecule has 0 saturated carbocycles. The SMILES string of the molecule is CCc1ccccc1N1C(=O)/C(=C\c2ccc(Cl)s2)C(=O)NC1=S. The fourth-order valence-electron chi connectivity index (χ4n) is 2.45. The van der Waals surface area contributed by atoms with E-state index >= 15 is 0 Å². The Bertz CT molecular complexity index is 873. The van der Waals surface area contributed by atoms with Gasteiger partial charge in [-0.1, -0.05) is 36.7 Å². The Balaban J connectivity index is 2.05. The van der Waals surface area contributed by atoms with Crippen molar-refractivity contribution in [2.45, 2.75) is 13.3 Å². The fraction of sp³-hybridized carbons (Fsp3) is 0.118. The maximum absolute atomic E-state index is 12.9. The van der Waals surface area contributed by atoms with Gasteiger partial charge in [-0.15, -0.1) is 11.3 Å². The number of aryl methyl sites for hydroxylation is 1. The van der Waals surface area contributed by atoms with Gasteiger partial charge in [-0.05, 0) is 48.5 Å². The molecule has 0 bridgehead atoms. The van der Waals surface area contributed by atoms with Crippen LogP contribution in [0.2, 0.25) is 4.34 Å². The molecule has 0 aliphatic carbocycles. The van der Waals surface area contributed by atoms with Crippen LogP contribution in [0.3, 0.4) is 0 Å². The lowest BCUT2D eigenvalue weighted by Crippen LogP contribution is -2.54. The van der Waals surface area contributed by atoms with Gasteiger partial charge < -0.3 is 0 Å². The highest BCUT2D eigenvalue weighted by Gasteiger charge is 2.35. The molecule has 24 heavy (non-hydrogen) atoms. The van der Waals surface area contributed by atoms with Gasteiger partial charge in [0.25, 0.3) is 11.8 Å². The number of thiophene rings is 1. The zero-order valence-corrected chi connectivity index (χ0v) is 15.1. The van der Waals surface area contributed by atoms with Crippen molar-refractivity contribution in [3.63, 3.8) is 0 Å². The van der Waals surface area contributed by atoms with Gasteiger partial charge in [0.2, 0.25) is 0 Å². The molecule has 3 rings (SSSR count). The smallest absolute Gasteiger partial charge is 0.270 e. The molecular weight excluding hydrogens is 364 g/mol. The Labute approximate surface area is 153 Å². The van der Waals surface area contributed by atoms with Gasteiger partial charge in [0.05, 0.1) is 10.0 Å². The highest BCUT2D eigenvalue weighted by Crippen LogP contribution is 2.28. The van der Waals surface area contributed by atoms with Crippen LogP contribution >= 0.6 is 35.2 Å². The van der Waals surface area contributed by atoms with Gasteiger partial charge in [-0.25, -0.2) is 0 Å². The number of nitrogens with zero attached hydrogens (tertiary/aromatic N) is 1. The molecule has 1 N–H and O–H groups in total. The number of carbonyl (C=O) groups excluding carboxylic acids is 2. The van der Waals surface area contributed by atoms with Crippen molar-refractivity contribution in [2.75, 3.05) is 4.90 Å². The molecular formula is C17H13ClN2O2S2. The lowest BCUT2D eigenvalue weighted by Gasteiger charge is -2.30. The minimum atomic E-state index is -0.500. The van der Waals surface area contributed by atoms with E-state index in [9.17, 15) is 9.59 Å². The second-order valence-corrected chi connectivity index (χ2v) is 7.22. The number of rotatable bonds is 3. The molecule has 1 saturated heterocycles. The standard InChI is InChI=1S/C17H13ClN2O2S2/c1-2-10-5-3-4-6-13(10)20-16(22)12(15(21)19-17(20)23)9-11-7-8-14(18)24-11/h3-9H,2H2,1H3,(H,19,21,23)/b12-9-. The Kier molecular flexibility index (Phi) is 4.80. The normalized spacial score (nSPS) is 16.7. The third-order valence-corrected chi connectivity index (χ3v) is 5.06. The molecule has 0 radical (unpaired) electrons. The molecule has 2 heterocycles. The molecule has 1 aliphatic heterocycles. The summed E-state index contributed by atoms with van der Waals surface area (Å²) >= 11 is 12.4. The first-order valence-corrected chi connectivity index (χ1v) is 8.86. The first-order valence-electron chi connectivity index (χ1n) is 7.26. The van der Waals surface area contributed by atoms with Crippen LogP contribution < -0.4 is 10.2 Å². The van der Waals surface area contributed by atoms with Crippen molar-refractivity contribution >= 4 is 63.8 Å². The van der Waals surface area contributed by atoms with E-state index in [-0.39, 0.29) is 10.7 Å². The van der Waals surface area contributed by atoms with Gasteiger partial charge >= 0.3 is 0 Å². The third kappa shape index (κ3) is 3.13. The summed E-state index contributed by atoms with van der Waals surface area (Å²) in [7, 11) is 0. The Morgan fingerprint density at radius 3 is 2.67 bits per heavy atom. The maximum atomic E-state index is 12.9. The summed E-state index contributed by atoms with van der Waals surface area (Å²) in [6, 6.07) is 11.0. The van der Waals surface area contributed by atoms with E-state index in [1.165, 1.54) is 22.3 Å². The Morgan fingerprint density at radius 2 is 2.00 bits per heavy atom. The second kappa shape index (κ2) is 6.84. The summed E-state index contributed by atoms with van der Waals surface area (Å²) in [5.41, 5.74) is 1.70. The van der Waals surface area contributed by atoms with Crippen molar-refractivity contribution < 1.29 is 9.59 Å². The summed E-state index contributed by atoms with van der Waals surface area (Å²) < 4.78 is 0.592. The number of thiocarbonyl (C=S) groups is 1. The molecule has 0 atom stereocenters. The highest BCUT2D eigenvalue weighted by atomic mass is 35.5. The number of benzene rings is 1. The molecule has 1 aliphatic rings. The molecule has 2 amide bonds. The van der Waals surface area contributed by atoms with Crippen LogP contribution in [-0.2, 0) is 16.0 Å². The molecule has 0 spiro atoms. The number of hydrogen-bond donors (Lipinski definition) is 1. The molecule has 7 heteroatoms. The van der Waals surface area contributed by atoms with E-state index in [0.29, 0.717) is 10.0 Å². The van der Waals surface area contributed by atoms with Crippen LogP contribution in [0.1, 0.15) is 17.4 Å². The number of hydrogen-bond acceptors (Lipinski definition) is 4. The minimum absolute atomic E-state index is 0.0352. The number of halogens is 1. The largest absolute Gasteiger partial charge is 0.298 e. The minimum Gasteiger partial charge on any atom is -0.298 e. The third-order valence-electron chi connectivity index (χ3n) is 3.60. The molecule has 1 fully saturated rings. The van der Waals surface area contributed by atoms with Gasteiger partial charge in [-0.2, -0.15) is 0 Å². The monoisotopic (exact) mass is 376 g/mol. The molecule has 4 nitrogen and oxygen atoms in total. The molecule has 122 valence electrons. The molecule has 1 aromatic carbocycles. The number of amides is 2. The average molecular weight is 377 g/mol. The topological polar surface area (TPSA) is 49.4 Å². The van der Waals surface area contributed by atoms with Crippen molar-refractivity contribution in [1.29, 1.82) is 0 Å². The zero-order chi connectivity index (χ0) is 17.3. The molecule has 2 aromatic rings. The van der Waals surface area contributed by atoms with Crippen LogP contribution in [0, 0.1) is 0 Å². The summed E-state index contributed by atoms with van der Waals surface area (Å²) in [6.07, 6.45) is 2.29. The van der Waals surface area contributed by atoms with Crippen LogP contribution in [-0.4, -0.2) is 16.9 Å². The highest BCUT2D eigenvalue weighted by molar-refractivity contribution is 7.80. The summed E-state index contributed by atoms with van der Waals surface area (Å²) in [5, 5.41) is 2.68. The van der Waals surface area contributed by atoms with Crippen molar-refractivity contribution in [3.8, 4) is 0 Å². The van der Waals surface area contributed by atoms with Gasteiger partial charge in [0.1, 0.15) is 5.57 Å². The van der Waals surface area contributed by atoms with Crippen molar-refractivity contribution in [1.82, 2.24) is 5.32 Å². The van der Waals surface area contributed by atoms with Crippen LogP contribution in [0.5, 0.6) is 0 Å². The first kappa shape index (κ1) is 16.8. The quantitative estimate of drug-likeness (QED) is 0.503. The number of anilines is 1. The zero-order valence-electron chi connectivity index (χ0n) is 12.7. The van der Waals surface area contributed by atoms with E-state index in [1.807, 2.05) is 31.2 Å². The molecule has 1 aromatic heterocycles. The number of nitrogens with one attached hydrogen (secondary N) is 1. The summed E-state index contributed by atoms with van der Waals surface area (Å²) in [4.78, 5) is 27.2. The lowest BCUT2D eigenvalue weighted by molar-refractivity contribution is -0.122. The molecule has 0 unspecified atom stereocenters. The van der Waals surface area contributed by atoms with Gasteiger partial charge in [0.15, 0.2) is 5.11 Å². The van der Waals surface area contributed by atoms with Crippen molar-refractivity contribution in [2.24, 2.45) is 0 Å². The average Bonchev–Trinajstić information content (AvgIpc) is 2.97. The maximum Gasteiger partial charge on any atom is 0.270 e. The van der Waals surface area contributed by atoms with Gasteiger partial charge in [-0.3, -0.25) is 19.8 Å². The Morgan fingerprint density at radius 1 is 1.25 bits per heavy atom. The van der Waals surface area contributed by atoms with Crippen LogP contribution in [0.15, 0.2) is 42.0 Å². The summed E-state index contributed by atoms with van der Waals surface area (Å²) in [5.74, 6) is -0.936. The lowest BCUT2D eigenvalue weighted by atomic mass is 10.1. The number of para-hydroxylation sites is 1. The number of carbonyl (C=O) groups is 2. The van der Waals surface area contributed by atoms with E-state index < -0.39 is 11.8 Å². The predicted octanol–water partition coefficient (Wildman–Crippen LogP) is 3.80. The van der Waals surface area contributed by atoms with E-state index in [1.54, 1.807) is 12.1 Å². The summed E-state index contributed by atoms with van der Waals surface area (Å²) in [6.45, 7) is 2.00.